The van der Waals surface area contributed by atoms with Gasteiger partial charge in [0.2, 0.25) is 0 Å². The van der Waals surface area contributed by atoms with Gasteiger partial charge in [0.05, 0.1) is 6.42 Å². The molecule has 0 saturated heterocycles. The minimum absolute atomic E-state index is 0.0418. The van der Waals surface area contributed by atoms with Crippen molar-refractivity contribution in [1.29, 1.82) is 0 Å². The summed E-state index contributed by atoms with van der Waals surface area (Å²) in [6.07, 6.45) is 1.47. The number of carbonyl (C=O) groups is 1. The van der Waals surface area contributed by atoms with Crippen LogP contribution in [-0.2, 0) is 10.2 Å². The van der Waals surface area contributed by atoms with E-state index in [1.54, 1.807) is 12.1 Å². The summed E-state index contributed by atoms with van der Waals surface area (Å²) >= 11 is 5.88. The molecule has 18 heavy (non-hydrogen) atoms. The number of carboxylic acids is 1. The summed E-state index contributed by atoms with van der Waals surface area (Å²) in [6.45, 7) is 3.96. The van der Waals surface area contributed by atoms with E-state index >= 15 is 0 Å². The third kappa shape index (κ3) is 3.03. The first-order valence-corrected chi connectivity index (χ1v) is 6.57. The van der Waals surface area contributed by atoms with E-state index in [1.165, 1.54) is 0 Å². The molecule has 0 aromatic heterocycles. The second-order valence-electron chi connectivity index (χ2n) is 4.60. The lowest BCUT2D eigenvalue weighted by Gasteiger charge is -2.37. The van der Waals surface area contributed by atoms with E-state index in [4.69, 9.17) is 22.4 Å². The first-order valence-electron chi connectivity index (χ1n) is 6.19. The van der Waals surface area contributed by atoms with Crippen molar-refractivity contribution in [2.45, 2.75) is 44.6 Å². The molecule has 0 fully saturated rings. The predicted octanol–water partition coefficient (Wildman–Crippen LogP) is 3.20. The Morgan fingerprint density at radius 1 is 1.39 bits per heavy atom. The Morgan fingerprint density at radius 3 is 2.33 bits per heavy atom. The zero-order chi connectivity index (χ0) is 13.8. The number of benzene rings is 1. The van der Waals surface area contributed by atoms with Gasteiger partial charge in [-0.05, 0) is 30.5 Å². The number of halogens is 1. The van der Waals surface area contributed by atoms with Crippen LogP contribution in [0.25, 0.3) is 0 Å². The molecular formula is C14H20ClNO2. The van der Waals surface area contributed by atoms with Gasteiger partial charge in [0, 0.05) is 16.5 Å². The molecule has 0 saturated carbocycles. The largest absolute Gasteiger partial charge is 0.481 e. The first-order chi connectivity index (χ1) is 8.46. The Labute approximate surface area is 113 Å². The third-order valence-corrected chi connectivity index (χ3v) is 3.92. The third-order valence-electron chi connectivity index (χ3n) is 3.67. The average Bonchev–Trinajstić information content (AvgIpc) is 2.35. The monoisotopic (exact) mass is 269 g/mol. The highest BCUT2D eigenvalue weighted by Crippen LogP contribution is 2.36. The summed E-state index contributed by atoms with van der Waals surface area (Å²) in [5, 5.41) is 9.80. The van der Waals surface area contributed by atoms with Crippen LogP contribution in [-0.4, -0.2) is 17.1 Å². The molecule has 1 rings (SSSR count). The van der Waals surface area contributed by atoms with Crippen molar-refractivity contribution in [3.05, 3.63) is 34.9 Å². The van der Waals surface area contributed by atoms with Gasteiger partial charge < -0.3 is 10.8 Å². The van der Waals surface area contributed by atoms with Gasteiger partial charge >= 0.3 is 5.97 Å². The quantitative estimate of drug-likeness (QED) is 0.834. The van der Waals surface area contributed by atoms with Crippen molar-refractivity contribution >= 4 is 17.6 Å². The lowest BCUT2D eigenvalue weighted by Crippen LogP contribution is -2.46. The maximum atomic E-state index is 11.2. The molecule has 4 heteroatoms. The Kier molecular flexibility index (Phi) is 5.17. The van der Waals surface area contributed by atoms with Crippen molar-refractivity contribution in [2.24, 2.45) is 5.73 Å². The van der Waals surface area contributed by atoms with Crippen molar-refractivity contribution in [3.8, 4) is 0 Å². The van der Waals surface area contributed by atoms with Crippen molar-refractivity contribution in [3.63, 3.8) is 0 Å². The lowest BCUT2D eigenvalue weighted by molar-refractivity contribution is -0.138. The van der Waals surface area contributed by atoms with E-state index in [9.17, 15) is 4.79 Å². The number of carboxylic acid groups (broad SMARTS) is 1. The van der Waals surface area contributed by atoms with E-state index < -0.39 is 11.4 Å². The molecule has 1 aromatic carbocycles. The van der Waals surface area contributed by atoms with E-state index in [-0.39, 0.29) is 12.5 Å². The minimum atomic E-state index is -0.823. The van der Waals surface area contributed by atoms with Gasteiger partial charge in [-0.1, -0.05) is 37.6 Å². The summed E-state index contributed by atoms with van der Waals surface area (Å²) in [4.78, 5) is 11.2. The van der Waals surface area contributed by atoms with Crippen molar-refractivity contribution < 1.29 is 9.90 Å². The Hall–Kier alpha value is -1.06. The molecule has 2 unspecified atom stereocenters. The SMILES string of the molecule is CCC(N)C(CC)(CC(=O)O)c1ccc(Cl)cc1. The van der Waals surface area contributed by atoms with E-state index in [1.807, 2.05) is 26.0 Å². The smallest absolute Gasteiger partial charge is 0.304 e. The molecule has 0 spiro atoms. The first kappa shape index (κ1) is 15.0. The zero-order valence-electron chi connectivity index (χ0n) is 10.8. The highest BCUT2D eigenvalue weighted by atomic mass is 35.5. The highest BCUT2D eigenvalue weighted by Gasteiger charge is 2.38. The number of nitrogens with two attached hydrogens (primary N) is 1. The lowest BCUT2D eigenvalue weighted by atomic mass is 9.69. The summed E-state index contributed by atoms with van der Waals surface area (Å²) in [6, 6.07) is 7.14. The van der Waals surface area contributed by atoms with Crippen LogP contribution in [0.15, 0.2) is 24.3 Å². The van der Waals surface area contributed by atoms with Crippen molar-refractivity contribution in [1.82, 2.24) is 0 Å². The standard InChI is InChI=1S/C14H20ClNO2/c1-3-12(16)14(4-2,9-13(17)18)10-5-7-11(15)8-6-10/h5-8,12H,3-4,9,16H2,1-2H3,(H,17,18). The predicted molar refractivity (Wildman–Crippen MR) is 73.9 cm³/mol. The zero-order valence-corrected chi connectivity index (χ0v) is 11.6. The molecule has 0 aliphatic rings. The number of rotatable bonds is 6. The van der Waals surface area contributed by atoms with Gasteiger partial charge in [-0.15, -0.1) is 0 Å². The second-order valence-corrected chi connectivity index (χ2v) is 5.04. The number of aliphatic carboxylic acids is 1. The molecule has 0 aliphatic carbocycles. The Morgan fingerprint density at radius 2 is 1.94 bits per heavy atom. The van der Waals surface area contributed by atoms with Gasteiger partial charge in [0.25, 0.3) is 0 Å². The van der Waals surface area contributed by atoms with Crippen LogP contribution in [0.5, 0.6) is 0 Å². The molecular weight excluding hydrogens is 250 g/mol. The summed E-state index contributed by atoms with van der Waals surface area (Å²) in [5.41, 5.74) is 6.61. The van der Waals surface area contributed by atoms with Crippen LogP contribution < -0.4 is 5.73 Å². The van der Waals surface area contributed by atoms with Crippen LogP contribution in [0.3, 0.4) is 0 Å². The van der Waals surface area contributed by atoms with Crippen LogP contribution >= 0.6 is 11.6 Å². The normalized spacial score (nSPS) is 16.0. The van der Waals surface area contributed by atoms with Gasteiger partial charge in [0.1, 0.15) is 0 Å². The number of hydrogen-bond acceptors (Lipinski definition) is 2. The average molecular weight is 270 g/mol. The maximum absolute atomic E-state index is 11.2. The Bertz CT molecular complexity index is 405. The summed E-state index contributed by atoms with van der Waals surface area (Å²) in [7, 11) is 0. The molecule has 3 nitrogen and oxygen atoms in total. The fraction of sp³-hybridized carbons (Fsp3) is 0.500. The van der Waals surface area contributed by atoms with Crippen LogP contribution in [0.4, 0.5) is 0 Å². The van der Waals surface area contributed by atoms with Gasteiger partial charge in [-0.2, -0.15) is 0 Å². The second kappa shape index (κ2) is 6.21. The van der Waals surface area contributed by atoms with Gasteiger partial charge in [0.15, 0.2) is 0 Å². The highest BCUT2D eigenvalue weighted by molar-refractivity contribution is 6.30. The van der Waals surface area contributed by atoms with E-state index in [0.717, 1.165) is 12.0 Å². The van der Waals surface area contributed by atoms with Gasteiger partial charge in [-0.25, -0.2) is 0 Å². The maximum Gasteiger partial charge on any atom is 0.304 e. The molecule has 0 heterocycles. The molecule has 1 aromatic rings. The fourth-order valence-corrected chi connectivity index (χ4v) is 2.61. The molecule has 100 valence electrons. The minimum Gasteiger partial charge on any atom is -0.481 e. The van der Waals surface area contributed by atoms with Crippen molar-refractivity contribution in [2.75, 3.05) is 0 Å². The Balaban J connectivity index is 3.24. The van der Waals surface area contributed by atoms with E-state index in [0.29, 0.717) is 11.4 Å². The van der Waals surface area contributed by atoms with Crippen LogP contribution in [0, 0.1) is 0 Å². The molecule has 0 aliphatic heterocycles. The summed E-state index contributed by atoms with van der Waals surface area (Å²) in [5.74, 6) is -0.823. The number of hydrogen-bond donors (Lipinski definition) is 2. The topological polar surface area (TPSA) is 63.3 Å². The van der Waals surface area contributed by atoms with E-state index in [2.05, 4.69) is 0 Å². The molecule has 0 bridgehead atoms. The molecule has 3 N–H and O–H groups in total. The molecule has 0 radical (unpaired) electrons. The molecule has 2 atom stereocenters. The van der Waals surface area contributed by atoms with Crippen LogP contribution in [0.2, 0.25) is 5.02 Å². The summed E-state index contributed by atoms with van der Waals surface area (Å²) < 4.78 is 0. The van der Waals surface area contributed by atoms with Gasteiger partial charge in [-0.3, -0.25) is 4.79 Å². The van der Waals surface area contributed by atoms with Crippen LogP contribution in [0.1, 0.15) is 38.7 Å². The fourth-order valence-electron chi connectivity index (χ4n) is 2.48. The molecule has 0 amide bonds.